The van der Waals surface area contributed by atoms with E-state index >= 15 is 0 Å². The van der Waals surface area contributed by atoms with Crippen LogP contribution in [-0.2, 0) is 20.8 Å². The number of nitrogens with zero attached hydrogens (tertiary/aromatic N) is 1. The van der Waals surface area contributed by atoms with E-state index in [1.807, 2.05) is 31.2 Å². The first-order chi connectivity index (χ1) is 13.1. The summed E-state index contributed by atoms with van der Waals surface area (Å²) >= 11 is 0. The van der Waals surface area contributed by atoms with Crippen LogP contribution in [0.4, 0.5) is 0 Å². The van der Waals surface area contributed by atoms with Crippen LogP contribution >= 0.6 is 0 Å². The maximum absolute atomic E-state index is 12.5. The molecule has 0 atom stereocenters. The number of ether oxygens (including phenoxy) is 2. The van der Waals surface area contributed by atoms with E-state index in [0.29, 0.717) is 31.6 Å². The molecule has 1 N–H and O–H groups in total. The lowest BCUT2D eigenvalue weighted by Gasteiger charge is -2.39. The molecular weight excluding hydrogens is 344 g/mol. The van der Waals surface area contributed by atoms with Crippen molar-refractivity contribution in [1.29, 1.82) is 0 Å². The van der Waals surface area contributed by atoms with Crippen LogP contribution in [0.3, 0.4) is 0 Å². The number of rotatable bonds is 7. The number of hydrogen-bond donors (Lipinski definition) is 1. The highest BCUT2D eigenvalue weighted by atomic mass is 16.5. The van der Waals surface area contributed by atoms with Gasteiger partial charge >= 0.3 is 5.97 Å². The number of carbonyl (C=O) groups excluding carboxylic acids is 1. The van der Waals surface area contributed by atoms with Crippen LogP contribution in [0.1, 0.15) is 31.9 Å². The van der Waals surface area contributed by atoms with Crippen molar-refractivity contribution in [2.24, 2.45) is 5.41 Å². The normalized spacial score (nSPS) is 17.1. The van der Waals surface area contributed by atoms with Crippen molar-refractivity contribution in [3.8, 4) is 0 Å². The largest absolute Gasteiger partial charge is 0.466 e. The lowest BCUT2D eigenvalue weighted by atomic mass is 9.75. The predicted molar refractivity (Wildman–Crippen MR) is 105 cm³/mol. The van der Waals surface area contributed by atoms with Crippen molar-refractivity contribution in [3.05, 3.63) is 46.2 Å². The number of benzene rings is 1. The highest BCUT2D eigenvalue weighted by molar-refractivity contribution is 5.78. The van der Waals surface area contributed by atoms with Gasteiger partial charge in [-0.05, 0) is 51.4 Å². The van der Waals surface area contributed by atoms with Crippen LogP contribution in [0.2, 0.25) is 0 Å². The SMILES string of the molecule is CCOC(=O)C1(CCOC)CCN(Cc2cc(=O)c3ccccc3[nH]2)CC1. The van der Waals surface area contributed by atoms with Crippen molar-refractivity contribution in [3.63, 3.8) is 0 Å². The van der Waals surface area contributed by atoms with E-state index in [9.17, 15) is 9.59 Å². The molecule has 2 aromatic rings. The number of piperidine rings is 1. The van der Waals surface area contributed by atoms with Crippen LogP contribution in [0, 0.1) is 5.41 Å². The van der Waals surface area contributed by atoms with Gasteiger partial charge in [0.25, 0.3) is 0 Å². The molecule has 1 saturated heterocycles. The van der Waals surface area contributed by atoms with Gasteiger partial charge in [0.05, 0.1) is 12.0 Å². The zero-order valence-electron chi connectivity index (χ0n) is 16.1. The molecule has 1 aliphatic heterocycles. The summed E-state index contributed by atoms with van der Waals surface area (Å²) in [4.78, 5) is 30.5. The molecule has 1 aromatic heterocycles. The van der Waals surface area contributed by atoms with Gasteiger partial charge in [0, 0.05) is 42.9 Å². The first-order valence-electron chi connectivity index (χ1n) is 9.57. The van der Waals surface area contributed by atoms with Crippen LogP contribution in [0.5, 0.6) is 0 Å². The highest BCUT2D eigenvalue weighted by Crippen LogP contribution is 2.37. The minimum Gasteiger partial charge on any atom is -0.466 e. The van der Waals surface area contributed by atoms with E-state index in [4.69, 9.17) is 9.47 Å². The number of likely N-dealkylation sites (tertiary alicyclic amines) is 1. The number of nitrogens with one attached hydrogen (secondary N) is 1. The molecule has 0 radical (unpaired) electrons. The fourth-order valence-corrected chi connectivity index (χ4v) is 3.86. The Morgan fingerprint density at radius 3 is 2.70 bits per heavy atom. The summed E-state index contributed by atoms with van der Waals surface area (Å²) in [6.45, 7) is 5.04. The Morgan fingerprint density at radius 1 is 1.26 bits per heavy atom. The first-order valence-corrected chi connectivity index (χ1v) is 9.57. The van der Waals surface area contributed by atoms with E-state index in [-0.39, 0.29) is 11.4 Å². The number of pyridine rings is 1. The van der Waals surface area contributed by atoms with Gasteiger partial charge in [-0.1, -0.05) is 12.1 Å². The molecule has 0 unspecified atom stereocenters. The van der Waals surface area contributed by atoms with Crippen molar-refractivity contribution < 1.29 is 14.3 Å². The number of para-hydroxylation sites is 1. The van der Waals surface area contributed by atoms with E-state index in [1.165, 1.54) is 0 Å². The topological polar surface area (TPSA) is 71.6 Å². The fraction of sp³-hybridized carbons (Fsp3) is 0.524. The van der Waals surface area contributed by atoms with Crippen molar-refractivity contribution in [1.82, 2.24) is 9.88 Å². The molecule has 0 spiro atoms. The lowest BCUT2D eigenvalue weighted by Crippen LogP contribution is -2.45. The average molecular weight is 372 g/mol. The molecule has 0 amide bonds. The summed E-state index contributed by atoms with van der Waals surface area (Å²) in [7, 11) is 1.66. The Hall–Kier alpha value is -2.18. The number of fused-ring (bicyclic) bond motifs is 1. The van der Waals surface area contributed by atoms with Crippen molar-refractivity contribution in [2.45, 2.75) is 32.7 Å². The number of aromatic nitrogens is 1. The maximum Gasteiger partial charge on any atom is 0.312 e. The van der Waals surface area contributed by atoms with Crippen LogP contribution in [0.15, 0.2) is 35.1 Å². The Morgan fingerprint density at radius 2 is 2.00 bits per heavy atom. The third-order valence-electron chi connectivity index (χ3n) is 5.49. The average Bonchev–Trinajstić information content (AvgIpc) is 2.68. The van der Waals surface area contributed by atoms with Gasteiger partial charge in [-0.25, -0.2) is 0 Å². The third-order valence-corrected chi connectivity index (χ3v) is 5.49. The van der Waals surface area contributed by atoms with Gasteiger partial charge < -0.3 is 14.5 Å². The van der Waals surface area contributed by atoms with Gasteiger partial charge in [0.15, 0.2) is 5.43 Å². The molecule has 0 bridgehead atoms. The van der Waals surface area contributed by atoms with Gasteiger partial charge in [-0.3, -0.25) is 14.5 Å². The molecule has 6 nitrogen and oxygen atoms in total. The van der Waals surface area contributed by atoms with Gasteiger partial charge in [-0.15, -0.1) is 0 Å². The standard InChI is InChI=1S/C21H28N2O4/c1-3-27-20(25)21(10-13-26-2)8-11-23(12-9-21)15-16-14-19(24)17-6-4-5-7-18(17)22-16/h4-7,14H,3,8-13,15H2,1-2H3,(H,22,24). The summed E-state index contributed by atoms with van der Waals surface area (Å²) in [5.74, 6) is -0.110. The number of aromatic amines is 1. The van der Waals surface area contributed by atoms with Crippen molar-refractivity contribution in [2.75, 3.05) is 33.4 Å². The number of carbonyl (C=O) groups is 1. The van der Waals surface area contributed by atoms with Crippen LogP contribution in [-0.4, -0.2) is 49.3 Å². The number of esters is 1. The van der Waals surface area contributed by atoms with Gasteiger partial charge in [0.2, 0.25) is 0 Å². The van der Waals surface area contributed by atoms with E-state index in [1.54, 1.807) is 13.2 Å². The Kier molecular flexibility index (Phi) is 6.29. The number of H-pyrrole nitrogens is 1. The fourth-order valence-electron chi connectivity index (χ4n) is 3.86. The highest BCUT2D eigenvalue weighted by Gasteiger charge is 2.42. The number of methoxy groups -OCH3 is 1. The van der Waals surface area contributed by atoms with Crippen LogP contribution in [0.25, 0.3) is 10.9 Å². The van der Waals surface area contributed by atoms with Gasteiger partial charge in [0.1, 0.15) is 0 Å². The molecule has 0 saturated carbocycles. The zero-order valence-corrected chi connectivity index (χ0v) is 16.1. The minimum atomic E-state index is -0.459. The molecule has 2 heterocycles. The van der Waals surface area contributed by atoms with E-state index in [2.05, 4.69) is 9.88 Å². The van der Waals surface area contributed by atoms with Crippen molar-refractivity contribution >= 4 is 16.9 Å². The monoisotopic (exact) mass is 372 g/mol. The lowest BCUT2D eigenvalue weighted by molar-refractivity contribution is -0.160. The predicted octanol–water partition coefficient (Wildman–Crippen LogP) is 2.71. The summed E-state index contributed by atoms with van der Waals surface area (Å²) in [6, 6.07) is 9.24. The Balaban J connectivity index is 1.69. The Bertz CT molecular complexity index is 837. The molecule has 1 aliphatic rings. The summed E-state index contributed by atoms with van der Waals surface area (Å²) in [5.41, 5.74) is 1.34. The second-order valence-electron chi connectivity index (χ2n) is 7.22. The zero-order chi connectivity index (χ0) is 19.3. The van der Waals surface area contributed by atoms with Crippen LogP contribution < -0.4 is 5.43 Å². The third kappa shape index (κ3) is 4.39. The second kappa shape index (κ2) is 8.67. The maximum atomic E-state index is 12.5. The molecular formula is C21H28N2O4. The first kappa shape index (κ1) is 19.6. The second-order valence-corrected chi connectivity index (χ2v) is 7.22. The number of hydrogen-bond acceptors (Lipinski definition) is 5. The smallest absolute Gasteiger partial charge is 0.312 e. The molecule has 1 aromatic carbocycles. The molecule has 1 fully saturated rings. The molecule has 6 heteroatoms. The summed E-state index contributed by atoms with van der Waals surface area (Å²) in [6.07, 6.45) is 2.17. The molecule has 3 rings (SSSR count). The summed E-state index contributed by atoms with van der Waals surface area (Å²) in [5, 5.41) is 0.709. The molecule has 146 valence electrons. The molecule has 0 aliphatic carbocycles. The quantitative estimate of drug-likeness (QED) is 0.757. The minimum absolute atomic E-state index is 0.0392. The summed E-state index contributed by atoms with van der Waals surface area (Å²) < 4.78 is 10.6. The van der Waals surface area contributed by atoms with Gasteiger partial charge in [-0.2, -0.15) is 0 Å². The van der Waals surface area contributed by atoms with E-state index in [0.717, 1.165) is 37.1 Å². The van der Waals surface area contributed by atoms with E-state index < -0.39 is 5.41 Å². The molecule has 27 heavy (non-hydrogen) atoms. The Labute approximate surface area is 159 Å².